The van der Waals surface area contributed by atoms with Crippen molar-refractivity contribution < 1.29 is 4.79 Å². The number of hydrogen-bond donors (Lipinski definition) is 2. The summed E-state index contributed by atoms with van der Waals surface area (Å²) in [5.74, 6) is 0.455. The maximum absolute atomic E-state index is 12.2. The molecule has 5 heteroatoms. The maximum Gasteiger partial charge on any atom is 0.252 e. The van der Waals surface area contributed by atoms with Crippen LogP contribution in [-0.2, 0) is 0 Å². The van der Waals surface area contributed by atoms with E-state index in [2.05, 4.69) is 29.5 Å². The first-order valence-corrected chi connectivity index (χ1v) is 8.10. The van der Waals surface area contributed by atoms with Crippen molar-refractivity contribution in [1.29, 1.82) is 0 Å². The highest BCUT2D eigenvalue weighted by molar-refractivity contribution is 6.30. The van der Waals surface area contributed by atoms with E-state index in [1.165, 1.54) is 0 Å². The number of pyridine rings is 1. The number of nitrogens with zero attached hydrogens (tertiary/aromatic N) is 1. The molecule has 0 aliphatic rings. The quantitative estimate of drug-likeness (QED) is 0.815. The van der Waals surface area contributed by atoms with Gasteiger partial charge in [-0.15, -0.1) is 0 Å². The molecular formula is C18H22ClN3O. The number of carbonyl (C=O) groups excluding carboxylic acids is 1. The van der Waals surface area contributed by atoms with Gasteiger partial charge in [-0.2, -0.15) is 0 Å². The van der Waals surface area contributed by atoms with Crippen LogP contribution in [0.1, 0.15) is 36.2 Å². The third-order valence-electron chi connectivity index (χ3n) is 3.49. The maximum atomic E-state index is 12.2. The van der Waals surface area contributed by atoms with Crippen LogP contribution in [0, 0.1) is 12.8 Å². The lowest BCUT2D eigenvalue weighted by atomic mass is 10.1. The summed E-state index contributed by atoms with van der Waals surface area (Å²) in [6, 6.07) is 7.43. The van der Waals surface area contributed by atoms with E-state index >= 15 is 0 Å². The highest BCUT2D eigenvalue weighted by Crippen LogP contribution is 2.24. The molecule has 2 rings (SSSR count). The third-order valence-corrected chi connectivity index (χ3v) is 3.72. The smallest absolute Gasteiger partial charge is 0.252 e. The summed E-state index contributed by atoms with van der Waals surface area (Å²) in [5.41, 5.74) is 3.27. The Morgan fingerprint density at radius 1 is 1.26 bits per heavy atom. The van der Waals surface area contributed by atoms with Crippen molar-refractivity contribution in [3.05, 3.63) is 52.8 Å². The van der Waals surface area contributed by atoms with Crippen LogP contribution in [-0.4, -0.2) is 17.4 Å². The molecular weight excluding hydrogens is 310 g/mol. The summed E-state index contributed by atoms with van der Waals surface area (Å²) < 4.78 is 0. The fourth-order valence-corrected chi connectivity index (χ4v) is 2.27. The number of hydrogen-bond acceptors (Lipinski definition) is 3. The highest BCUT2D eigenvalue weighted by Gasteiger charge is 2.08. The number of aryl methyl sites for hydroxylation is 1. The number of benzene rings is 1. The molecule has 0 aliphatic carbocycles. The lowest BCUT2D eigenvalue weighted by Gasteiger charge is -2.11. The van der Waals surface area contributed by atoms with Crippen molar-refractivity contribution in [2.45, 2.75) is 27.2 Å². The Morgan fingerprint density at radius 2 is 2.04 bits per heavy atom. The molecule has 1 heterocycles. The lowest BCUT2D eigenvalue weighted by Crippen LogP contribution is -2.25. The molecule has 0 saturated heterocycles. The Hall–Kier alpha value is -2.07. The zero-order chi connectivity index (χ0) is 16.8. The molecule has 0 saturated carbocycles. The number of rotatable bonds is 6. The van der Waals surface area contributed by atoms with Gasteiger partial charge in [-0.25, -0.2) is 0 Å². The van der Waals surface area contributed by atoms with Gasteiger partial charge in [0.25, 0.3) is 5.91 Å². The predicted octanol–water partition coefficient (Wildman–Crippen LogP) is 4.56. The standard InChI is InChI=1S/C18H22ClN3O/c1-12(2)6-7-21-18(23)14-8-16(11-20-10-14)22-17-9-15(19)5-4-13(17)3/h4-5,8-12,22H,6-7H2,1-3H3,(H,21,23). The fourth-order valence-electron chi connectivity index (χ4n) is 2.09. The number of nitrogens with one attached hydrogen (secondary N) is 2. The van der Waals surface area contributed by atoms with E-state index in [9.17, 15) is 4.79 Å². The van der Waals surface area contributed by atoms with E-state index < -0.39 is 0 Å². The van der Waals surface area contributed by atoms with Crippen LogP contribution in [0.15, 0.2) is 36.7 Å². The molecule has 0 unspecified atom stereocenters. The zero-order valence-corrected chi connectivity index (χ0v) is 14.4. The molecule has 2 aromatic rings. The molecule has 0 radical (unpaired) electrons. The van der Waals surface area contributed by atoms with E-state index in [0.29, 0.717) is 23.0 Å². The summed E-state index contributed by atoms with van der Waals surface area (Å²) in [7, 11) is 0. The minimum Gasteiger partial charge on any atom is -0.354 e. The molecule has 1 amide bonds. The molecule has 0 bridgehead atoms. The second-order valence-corrected chi connectivity index (χ2v) is 6.42. The largest absolute Gasteiger partial charge is 0.354 e. The summed E-state index contributed by atoms with van der Waals surface area (Å²) in [6.07, 6.45) is 4.21. The van der Waals surface area contributed by atoms with E-state index in [1.54, 1.807) is 18.5 Å². The Labute approximate surface area is 142 Å². The molecule has 0 spiro atoms. The summed E-state index contributed by atoms with van der Waals surface area (Å²) >= 11 is 6.03. The van der Waals surface area contributed by atoms with Gasteiger partial charge in [0.2, 0.25) is 0 Å². The number of anilines is 2. The van der Waals surface area contributed by atoms with Crippen molar-refractivity contribution in [1.82, 2.24) is 10.3 Å². The first-order chi connectivity index (χ1) is 11.0. The number of aromatic nitrogens is 1. The van der Waals surface area contributed by atoms with Crippen molar-refractivity contribution in [3.63, 3.8) is 0 Å². The van der Waals surface area contributed by atoms with Gasteiger partial charge >= 0.3 is 0 Å². The van der Waals surface area contributed by atoms with E-state index in [1.807, 2.05) is 25.1 Å². The number of halogens is 1. The molecule has 0 fully saturated rings. The number of carbonyl (C=O) groups is 1. The molecule has 1 aromatic carbocycles. The average molecular weight is 332 g/mol. The average Bonchev–Trinajstić information content (AvgIpc) is 2.51. The summed E-state index contributed by atoms with van der Waals surface area (Å²) in [6.45, 7) is 6.92. The number of amides is 1. The first-order valence-electron chi connectivity index (χ1n) is 7.72. The normalized spacial score (nSPS) is 10.7. The first kappa shape index (κ1) is 17.3. The predicted molar refractivity (Wildman–Crippen MR) is 95.5 cm³/mol. The van der Waals surface area contributed by atoms with Crippen LogP contribution < -0.4 is 10.6 Å². The minimum atomic E-state index is -0.107. The Morgan fingerprint density at radius 3 is 2.78 bits per heavy atom. The van der Waals surface area contributed by atoms with Gasteiger partial charge in [0.1, 0.15) is 0 Å². The molecule has 23 heavy (non-hydrogen) atoms. The van der Waals surface area contributed by atoms with Gasteiger partial charge in [0, 0.05) is 23.5 Å². The van der Waals surface area contributed by atoms with Gasteiger partial charge < -0.3 is 10.6 Å². The molecule has 4 nitrogen and oxygen atoms in total. The van der Waals surface area contributed by atoms with Gasteiger partial charge in [0.05, 0.1) is 17.4 Å². The zero-order valence-electron chi connectivity index (χ0n) is 13.7. The van der Waals surface area contributed by atoms with Crippen molar-refractivity contribution in [3.8, 4) is 0 Å². The SMILES string of the molecule is Cc1ccc(Cl)cc1Nc1cncc(C(=O)NCCC(C)C)c1. The van der Waals surface area contributed by atoms with Gasteiger partial charge in [0.15, 0.2) is 0 Å². The van der Waals surface area contributed by atoms with Crippen molar-refractivity contribution in [2.24, 2.45) is 5.92 Å². The molecule has 1 aromatic heterocycles. The molecule has 2 N–H and O–H groups in total. The fraction of sp³-hybridized carbons (Fsp3) is 0.333. The Kier molecular flexibility index (Phi) is 5.99. The summed E-state index contributed by atoms with van der Waals surface area (Å²) in [4.78, 5) is 16.3. The third kappa shape index (κ3) is 5.25. The van der Waals surface area contributed by atoms with Crippen LogP contribution in [0.3, 0.4) is 0 Å². The van der Waals surface area contributed by atoms with Gasteiger partial charge in [-0.1, -0.05) is 31.5 Å². The topological polar surface area (TPSA) is 54.0 Å². The van der Waals surface area contributed by atoms with Crippen molar-refractivity contribution in [2.75, 3.05) is 11.9 Å². The monoisotopic (exact) mass is 331 g/mol. The minimum absolute atomic E-state index is 0.107. The molecule has 0 aliphatic heterocycles. The lowest BCUT2D eigenvalue weighted by molar-refractivity contribution is 0.0951. The Balaban J connectivity index is 2.07. The van der Waals surface area contributed by atoms with Crippen LogP contribution in [0.25, 0.3) is 0 Å². The van der Waals surface area contributed by atoms with Crippen molar-refractivity contribution >= 4 is 28.9 Å². The second-order valence-electron chi connectivity index (χ2n) is 5.98. The molecule has 122 valence electrons. The van der Waals surface area contributed by atoms with E-state index in [4.69, 9.17) is 11.6 Å². The highest BCUT2D eigenvalue weighted by atomic mass is 35.5. The van der Waals surface area contributed by atoms with Crippen LogP contribution in [0.4, 0.5) is 11.4 Å². The summed E-state index contributed by atoms with van der Waals surface area (Å²) in [5, 5.41) is 6.83. The van der Waals surface area contributed by atoms with Gasteiger partial charge in [-0.05, 0) is 43.0 Å². The molecule has 0 atom stereocenters. The second kappa shape index (κ2) is 7.97. The van der Waals surface area contributed by atoms with E-state index in [-0.39, 0.29) is 5.91 Å². The van der Waals surface area contributed by atoms with Crippen LogP contribution in [0.2, 0.25) is 5.02 Å². The van der Waals surface area contributed by atoms with Crippen LogP contribution >= 0.6 is 11.6 Å². The van der Waals surface area contributed by atoms with Gasteiger partial charge in [-0.3, -0.25) is 9.78 Å². The Bertz CT molecular complexity index is 686. The van der Waals surface area contributed by atoms with E-state index in [0.717, 1.165) is 23.4 Å². The van der Waals surface area contributed by atoms with Crippen LogP contribution in [0.5, 0.6) is 0 Å².